The molecule has 1 saturated carbocycles. The first kappa shape index (κ1) is 32.9. The zero-order chi connectivity index (χ0) is 34.1. The second-order valence-electron chi connectivity index (χ2n) is 12.5. The molecule has 0 radical (unpaired) electrons. The van der Waals surface area contributed by atoms with Crippen LogP contribution in [0.4, 0.5) is 5.69 Å². The number of imide groups is 2. The molecule has 2 heterocycles. The van der Waals surface area contributed by atoms with Crippen molar-refractivity contribution in [2.24, 2.45) is 17.8 Å². The van der Waals surface area contributed by atoms with Gasteiger partial charge in [0.1, 0.15) is 18.1 Å². The number of phenols is 1. The molecule has 3 aromatic carbocycles. The second-order valence-corrected chi connectivity index (χ2v) is 14.2. The van der Waals surface area contributed by atoms with Crippen molar-refractivity contribution in [2.45, 2.75) is 35.1 Å². The number of carbonyl (C=O) groups excluding carboxylic acids is 4. The van der Waals surface area contributed by atoms with E-state index in [0.717, 1.165) is 15.4 Å². The maximum absolute atomic E-state index is 14.2. The normalized spacial score (nSPS) is 29.4. The predicted molar refractivity (Wildman–Crippen MR) is 181 cm³/mol. The van der Waals surface area contributed by atoms with Crippen LogP contribution in [0.25, 0.3) is 0 Å². The van der Waals surface area contributed by atoms with E-state index in [1.807, 2.05) is 30.3 Å². The van der Waals surface area contributed by atoms with Crippen molar-refractivity contribution < 1.29 is 39.1 Å². The lowest BCUT2D eigenvalue weighted by Crippen LogP contribution is -2.60. The molecular weight excluding hydrogens is 726 g/mol. The van der Waals surface area contributed by atoms with Crippen molar-refractivity contribution in [1.29, 1.82) is 0 Å². The van der Waals surface area contributed by atoms with E-state index in [2.05, 4.69) is 15.9 Å². The van der Waals surface area contributed by atoms with Crippen molar-refractivity contribution in [3.05, 3.63) is 95.6 Å². The first-order valence-corrected chi connectivity index (χ1v) is 17.1. The van der Waals surface area contributed by atoms with Gasteiger partial charge in [0, 0.05) is 17.5 Å². The Balaban J connectivity index is 1.31. The lowest BCUT2D eigenvalue weighted by atomic mass is 9.56. The molecule has 0 unspecified atom stereocenters. The average Bonchev–Trinajstić information content (AvgIpc) is 3.42. The van der Waals surface area contributed by atoms with Gasteiger partial charge in [0.2, 0.25) is 11.8 Å². The second kappa shape index (κ2) is 12.0. The number of allylic oxidation sites excluding steroid dienone is 2. The van der Waals surface area contributed by atoms with E-state index >= 15 is 0 Å². The first-order valence-electron chi connectivity index (χ1n) is 15.3. The summed E-state index contributed by atoms with van der Waals surface area (Å²) in [7, 11) is -1.81. The predicted octanol–water partition coefficient (Wildman–Crippen LogP) is 3.57. The van der Waals surface area contributed by atoms with E-state index in [9.17, 15) is 34.3 Å². The minimum Gasteiger partial charge on any atom is -0.508 e. The van der Waals surface area contributed by atoms with Crippen LogP contribution < -0.4 is 15.1 Å². The number of ether oxygens (including phenoxy) is 1. The summed E-state index contributed by atoms with van der Waals surface area (Å²) in [5, 5.41) is 30.9. The molecule has 7 rings (SSSR count). The Morgan fingerprint density at radius 3 is 2.35 bits per heavy atom. The van der Waals surface area contributed by atoms with Crippen LogP contribution in [0, 0.1) is 17.8 Å². The van der Waals surface area contributed by atoms with Crippen LogP contribution in [0.2, 0.25) is 0 Å². The van der Waals surface area contributed by atoms with Crippen LogP contribution in [-0.4, -0.2) is 66.0 Å². The van der Waals surface area contributed by atoms with E-state index in [1.54, 1.807) is 18.2 Å². The summed E-state index contributed by atoms with van der Waals surface area (Å²) in [6, 6.07) is 19.9. The molecule has 3 aromatic rings. The fourth-order valence-electron chi connectivity index (χ4n) is 7.78. The number of hydrogen-bond acceptors (Lipinski definition) is 8. The minimum atomic E-state index is -2.07. The zero-order valence-electron chi connectivity index (χ0n) is 25.1. The summed E-state index contributed by atoms with van der Waals surface area (Å²) in [6.07, 6.45) is 1.69. The highest BCUT2D eigenvalue weighted by molar-refractivity contribution is 9.09. The molecule has 2 aliphatic heterocycles. The van der Waals surface area contributed by atoms with Crippen molar-refractivity contribution in [3.8, 4) is 11.5 Å². The molecule has 246 valence electrons. The van der Waals surface area contributed by atoms with Gasteiger partial charge in [-0.25, -0.2) is 0 Å². The standard InChI is InChI=1S/C34H28BBrCl2N2O8/c36-17-39-31(44)33(37)15-25-22(11-12-24-27(25)30(43)40(29(24)42)20-8-4-7-19(13-20)35(46)47)28(34(33,38)32(39)45)23-10-9-21(14-26(23)41)48-16-18-5-2-1-3-6-18/h1-11,13-14,24-25,27-28,41,46-47H,12,15-17H2/t24-,25+,27-,28+,33+,34-/m0/s1. The topological polar surface area (TPSA) is 145 Å². The number of alkyl halides is 3. The third kappa shape index (κ3) is 4.75. The fraction of sp³-hybridized carbons (Fsp3) is 0.294. The number of carbonyl (C=O) groups is 4. The van der Waals surface area contributed by atoms with Gasteiger partial charge in [-0.3, -0.25) is 29.0 Å². The van der Waals surface area contributed by atoms with Gasteiger partial charge in [0.25, 0.3) is 11.8 Å². The average molecular weight is 754 g/mol. The van der Waals surface area contributed by atoms with Gasteiger partial charge < -0.3 is 19.9 Å². The molecule has 6 atom stereocenters. The minimum absolute atomic E-state index is 0.0998. The largest absolute Gasteiger partial charge is 0.508 e. The highest BCUT2D eigenvalue weighted by Gasteiger charge is 2.76. The number of aromatic hydroxyl groups is 1. The third-order valence-corrected chi connectivity index (χ3v) is 11.9. The number of benzene rings is 3. The van der Waals surface area contributed by atoms with E-state index in [-0.39, 0.29) is 47.4 Å². The Labute approximate surface area is 294 Å². The molecule has 48 heavy (non-hydrogen) atoms. The Hall–Kier alpha value is -3.68. The van der Waals surface area contributed by atoms with E-state index in [0.29, 0.717) is 11.3 Å². The Morgan fingerprint density at radius 1 is 0.917 bits per heavy atom. The molecule has 4 amide bonds. The van der Waals surface area contributed by atoms with E-state index in [1.165, 1.54) is 30.3 Å². The molecule has 3 N–H and O–H groups in total. The summed E-state index contributed by atoms with van der Waals surface area (Å²) in [5.74, 6) is -6.13. The maximum Gasteiger partial charge on any atom is 0.488 e. The maximum atomic E-state index is 14.2. The van der Waals surface area contributed by atoms with Gasteiger partial charge in [0.05, 0.1) is 23.0 Å². The zero-order valence-corrected chi connectivity index (χ0v) is 28.2. The van der Waals surface area contributed by atoms with E-state index < -0.39 is 64.2 Å². The highest BCUT2D eigenvalue weighted by Crippen LogP contribution is 2.66. The Morgan fingerprint density at radius 2 is 1.67 bits per heavy atom. The number of likely N-dealkylation sites (tertiary alicyclic amines) is 1. The molecule has 2 saturated heterocycles. The van der Waals surface area contributed by atoms with Crippen LogP contribution in [0.15, 0.2) is 84.4 Å². The number of nitrogens with zero attached hydrogens (tertiary/aromatic N) is 2. The summed E-state index contributed by atoms with van der Waals surface area (Å²) < 4.78 is 5.90. The molecular formula is C34H28BBrCl2N2O8. The number of amides is 4. The number of rotatable bonds is 7. The van der Waals surface area contributed by atoms with Gasteiger partial charge in [0.15, 0.2) is 9.75 Å². The molecule has 14 heteroatoms. The number of halogens is 3. The Bertz CT molecular complexity index is 1900. The summed E-state index contributed by atoms with van der Waals surface area (Å²) in [6.45, 7) is 0.240. The number of phenolic OH excluding ortho intramolecular Hbond substituents is 1. The molecule has 3 fully saturated rings. The van der Waals surface area contributed by atoms with Crippen LogP contribution >= 0.6 is 39.1 Å². The fourth-order valence-corrected chi connectivity index (χ4v) is 9.19. The molecule has 0 aromatic heterocycles. The van der Waals surface area contributed by atoms with Crippen LogP contribution in [0.3, 0.4) is 0 Å². The third-order valence-electron chi connectivity index (χ3n) is 10.0. The molecule has 0 spiro atoms. The summed E-state index contributed by atoms with van der Waals surface area (Å²) >= 11 is 17.8. The van der Waals surface area contributed by atoms with Gasteiger partial charge in [-0.2, -0.15) is 0 Å². The number of hydrogen-bond donors (Lipinski definition) is 3. The monoisotopic (exact) mass is 752 g/mol. The molecule has 2 aliphatic carbocycles. The van der Waals surface area contributed by atoms with Gasteiger partial charge in [-0.1, -0.05) is 76.1 Å². The lowest BCUT2D eigenvalue weighted by molar-refractivity contribution is -0.138. The number of fused-ring (bicyclic) bond motifs is 4. The van der Waals surface area contributed by atoms with Crippen molar-refractivity contribution in [3.63, 3.8) is 0 Å². The number of anilines is 1. The van der Waals surface area contributed by atoms with Crippen molar-refractivity contribution >= 4 is 81.0 Å². The SMILES string of the molecule is O=C1[C@H]2[C@H](CC=C3[C@H]2C[C@@]2(Cl)C(=O)N(CBr)C(=O)[C@@]2(Cl)[C@H]3c2ccc(OCc3ccccc3)cc2O)C(=O)N1c1cccc(B(O)O)c1. The quantitative estimate of drug-likeness (QED) is 0.109. The smallest absolute Gasteiger partial charge is 0.488 e. The van der Waals surface area contributed by atoms with Crippen LogP contribution in [0.1, 0.15) is 29.9 Å². The molecule has 4 aliphatic rings. The summed E-state index contributed by atoms with van der Waals surface area (Å²) in [5.41, 5.74) is 1.75. The molecule has 0 bridgehead atoms. The van der Waals surface area contributed by atoms with Gasteiger partial charge in [-0.05, 0) is 48.0 Å². The molecule has 10 nitrogen and oxygen atoms in total. The van der Waals surface area contributed by atoms with Gasteiger partial charge in [-0.15, -0.1) is 23.2 Å². The van der Waals surface area contributed by atoms with Crippen LogP contribution in [-0.2, 0) is 25.8 Å². The van der Waals surface area contributed by atoms with Crippen molar-refractivity contribution in [2.75, 3.05) is 10.4 Å². The van der Waals surface area contributed by atoms with Crippen LogP contribution in [0.5, 0.6) is 11.5 Å². The van der Waals surface area contributed by atoms with E-state index in [4.69, 9.17) is 27.9 Å². The lowest BCUT2D eigenvalue weighted by Gasteiger charge is -2.50. The van der Waals surface area contributed by atoms with Gasteiger partial charge >= 0.3 is 7.12 Å². The van der Waals surface area contributed by atoms with Crippen molar-refractivity contribution in [1.82, 2.24) is 4.90 Å². The highest BCUT2D eigenvalue weighted by atomic mass is 79.9. The summed E-state index contributed by atoms with van der Waals surface area (Å²) in [4.78, 5) is 53.8. The first-order chi connectivity index (χ1) is 22.9. The Kier molecular flexibility index (Phi) is 8.23.